The average molecular weight is 306 g/mol. The summed E-state index contributed by atoms with van der Waals surface area (Å²) in [6.07, 6.45) is -0.0812. The molecule has 5 nitrogen and oxygen atoms in total. The molecule has 0 saturated heterocycles. The molecule has 0 saturated carbocycles. The van der Waals surface area contributed by atoms with Crippen LogP contribution < -0.4 is 4.72 Å². The second-order valence-electron chi connectivity index (χ2n) is 4.46. The Labute approximate surface area is 117 Å². The van der Waals surface area contributed by atoms with E-state index in [0.29, 0.717) is 10.6 Å². The third-order valence-electron chi connectivity index (χ3n) is 2.57. The Morgan fingerprint density at radius 2 is 2.11 bits per heavy atom. The van der Waals surface area contributed by atoms with Gasteiger partial charge in [-0.15, -0.1) is 0 Å². The highest BCUT2D eigenvalue weighted by Crippen LogP contribution is 2.19. The van der Waals surface area contributed by atoms with Crippen molar-refractivity contribution in [2.45, 2.75) is 25.2 Å². The third kappa shape index (κ3) is 4.81. The number of aryl methyl sites for hydroxylation is 1. The van der Waals surface area contributed by atoms with Crippen molar-refractivity contribution >= 4 is 27.6 Å². The van der Waals surface area contributed by atoms with Gasteiger partial charge in [-0.25, -0.2) is 13.1 Å². The van der Waals surface area contributed by atoms with Crippen LogP contribution in [-0.2, 0) is 14.8 Å². The lowest BCUT2D eigenvalue weighted by atomic mass is 10.1. The smallest absolute Gasteiger partial charge is 0.303 e. The van der Waals surface area contributed by atoms with E-state index in [0.717, 1.165) is 0 Å². The van der Waals surface area contributed by atoms with Crippen LogP contribution in [0.4, 0.5) is 0 Å². The summed E-state index contributed by atoms with van der Waals surface area (Å²) in [6, 6.07) is 4.50. The SMILES string of the molecule is Cc1cc(Cl)ccc1S(=O)(=O)NCC(C)CC(=O)O. The van der Waals surface area contributed by atoms with Gasteiger partial charge in [0.25, 0.3) is 0 Å². The number of aliphatic carboxylic acids is 1. The number of sulfonamides is 1. The third-order valence-corrected chi connectivity index (χ3v) is 4.39. The van der Waals surface area contributed by atoms with E-state index in [1.165, 1.54) is 12.1 Å². The molecule has 1 atom stereocenters. The van der Waals surface area contributed by atoms with E-state index in [-0.39, 0.29) is 23.8 Å². The quantitative estimate of drug-likeness (QED) is 0.842. The van der Waals surface area contributed by atoms with Crippen LogP contribution >= 0.6 is 11.6 Å². The molecule has 1 rings (SSSR count). The molecule has 0 amide bonds. The summed E-state index contributed by atoms with van der Waals surface area (Å²) in [5.74, 6) is -1.23. The summed E-state index contributed by atoms with van der Waals surface area (Å²) in [5, 5.41) is 9.08. The summed E-state index contributed by atoms with van der Waals surface area (Å²) >= 11 is 5.77. The number of carboxylic acid groups (broad SMARTS) is 1. The molecule has 0 bridgehead atoms. The van der Waals surface area contributed by atoms with Crippen molar-refractivity contribution in [2.24, 2.45) is 5.92 Å². The van der Waals surface area contributed by atoms with Crippen molar-refractivity contribution in [3.8, 4) is 0 Å². The zero-order valence-electron chi connectivity index (χ0n) is 10.7. The highest BCUT2D eigenvalue weighted by molar-refractivity contribution is 7.89. The number of carbonyl (C=O) groups is 1. The van der Waals surface area contributed by atoms with Crippen molar-refractivity contribution in [3.05, 3.63) is 28.8 Å². The molecule has 2 N–H and O–H groups in total. The van der Waals surface area contributed by atoms with Gasteiger partial charge < -0.3 is 5.11 Å². The molecule has 1 unspecified atom stereocenters. The molecule has 0 spiro atoms. The Morgan fingerprint density at radius 1 is 1.47 bits per heavy atom. The summed E-state index contributed by atoms with van der Waals surface area (Å²) < 4.78 is 26.5. The molecular formula is C12H16ClNO4S. The molecule has 0 aliphatic rings. The number of hydrogen-bond donors (Lipinski definition) is 2. The average Bonchev–Trinajstić information content (AvgIpc) is 2.25. The first kappa shape index (κ1) is 15.9. The highest BCUT2D eigenvalue weighted by Gasteiger charge is 2.18. The standard InChI is InChI=1S/C12H16ClNO4S/c1-8(5-12(15)16)7-14-19(17,18)11-4-3-10(13)6-9(11)2/h3-4,6,8,14H,5,7H2,1-2H3,(H,15,16). The highest BCUT2D eigenvalue weighted by atomic mass is 35.5. The van der Waals surface area contributed by atoms with Crippen LogP contribution in [0, 0.1) is 12.8 Å². The molecule has 0 aliphatic heterocycles. The molecule has 0 heterocycles. The van der Waals surface area contributed by atoms with Crippen LogP contribution in [-0.4, -0.2) is 26.0 Å². The number of hydrogen-bond acceptors (Lipinski definition) is 3. The number of carboxylic acids is 1. The fraction of sp³-hybridized carbons (Fsp3) is 0.417. The van der Waals surface area contributed by atoms with Gasteiger partial charge in [-0.2, -0.15) is 0 Å². The van der Waals surface area contributed by atoms with E-state index in [9.17, 15) is 13.2 Å². The maximum Gasteiger partial charge on any atom is 0.303 e. The maximum absolute atomic E-state index is 12.1. The van der Waals surface area contributed by atoms with Gasteiger partial charge in [0.05, 0.1) is 4.90 Å². The van der Waals surface area contributed by atoms with Crippen LogP contribution in [0.15, 0.2) is 23.1 Å². The Hall–Kier alpha value is -1.11. The monoisotopic (exact) mass is 305 g/mol. The predicted molar refractivity (Wildman–Crippen MR) is 72.8 cm³/mol. The first-order valence-corrected chi connectivity index (χ1v) is 7.56. The summed E-state index contributed by atoms with van der Waals surface area (Å²) in [4.78, 5) is 10.7. The first-order chi connectivity index (χ1) is 8.72. The molecule has 0 radical (unpaired) electrons. The molecule has 0 fully saturated rings. The van der Waals surface area contributed by atoms with Crippen molar-refractivity contribution in [1.29, 1.82) is 0 Å². The Bertz CT molecular complexity index is 571. The first-order valence-electron chi connectivity index (χ1n) is 5.70. The summed E-state index contributed by atoms with van der Waals surface area (Å²) in [6.45, 7) is 3.41. The van der Waals surface area contributed by atoms with Gasteiger partial charge in [-0.1, -0.05) is 18.5 Å². The van der Waals surface area contributed by atoms with Crippen LogP contribution in [0.3, 0.4) is 0 Å². The minimum atomic E-state index is -3.64. The van der Waals surface area contributed by atoms with Gasteiger partial charge >= 0.3 is 5.97 Å². The summed E-state index contributed by atoms with van der Waals surface area (Å²) in [7, 11) is -3.64. The number of rotatable bonds is 6. The van der Waals surface area contributed by atoms with E-state index < -0.39 is 16.0 Å². The second kappa shape index (κ2) is 6.36. The Kier molecular flexibility index (Phi) is 5.34. The van der Waals surface area contributed by atoms with Gasteiger partial charge in [0.1, 0.15) is 0 Å². The Morgan fingerprint density at radius 3 is 2.63 bits per heavy atom. The molecule has 7 heteroatoms. The minimum Gasteiger partial charge on any atom is -0.481 e. The van der Waals surface area contributed by atoms with E-state index in [1.807, 2.05) is 0 Å². The van der Waals surface area contributed by atoms with Gasteiger partial charge in [-0.3, -0.25) is 4.79 Å². The Balaban J connectivity index is 2.79. The second-order valence-corrected chi connectivity index (χ2v) is 6.64. The maximum atomic E-state index is 12.1. The van der Waals surface area contributed by atoms with E-state index >= 15 is 0 Å². The van der Waals surface area contributed by atoms with Gasteiger partial charge in [-0.05, 0) is 36.6 Å². The number of nitrogens with one attached hydrogen (secondary N) is 1. The largest absolute Gasteiger partial charge is 0.481 e. The topological polar surface area (TPSA) is 83.5 Å². The lowest BCUT2D eigenvalue weighted by molar-refractivity contribution is -0.137. The van der Waals surface area contributed by atoms with Gasteiger partial charge in [0.2, 0.25) is 10.0 Å². The zero-order chi connectivity index (χ0) is 14.6. The van der Waals surface area contributed by atoms with E-state index in [1.54, 1.807) is 19.9 Å². The van der Waals surface area contributed by atoms with Crippen molar-refractivity contribution in [1.82, 2.24) is 4.72 Å². The molecule has 106 valence electrons. The fourth-order valence-corrected chi connectivity index (χ4v) is 3.23. The number of halogens is 1. The van der Waals surface area contributed by atoms with Crippen LogP contribution in [0.1, 0.15) is 18.9 Å². The summed E-state index contributed by atoms with van der Waals surface area (Å²) in [5.41, 5.74) is 0.547. The van der Waals surface area contributed by atoms with Gasteiger partial charge in [0.15, 0.2) is 0 Å². The fourth-order valence-electron chi connectivity index (χ4n) is 1.61. The number of benzene rings is 1. The van der Waals surface area contributed by atoms with Crippen LogP contribution in [0.5, 0.6) is 0 Å². The minimum absolute atomic E-state index is 0.0801. The molecular weight excluding hydrogens is 290 g/mol. The molecule has 0 aliphatic carbocycles. The molecule has 0 aromatic heterocycles. The van der Waals surface area contributed by atoms with Crippen LogP contribution in [0.25, 0.3) is 0 Å². The zero-order valence-corrected chi connectivity index (χ0v) is 12.3. The van der Waals surface area contributed by atoms with Gasteiger partial charge in [0, 0.05) is 18.0 Å². The van der Waals surface area contributed by atoms with E-state index in [2.05, 4.69) is 4.72 Å². The van der Waals surface area contributed by atoms with Crippen molar-refractivity contribution < 1.29 is 18.3 Å². The predicted octanol–water partition coefficient (Wildman–Crippen LogP) is 2.04. The molecule has 1 aromatic rings. The molecule has 1 aromatic carbocycles. The van der Waals surface area contributed by atoms with Crippen molar-refractivity contribution in [3.63, 3.8) is 0 Å². The van der Waals surface area contributed by atoms with E-state index in [4.69, 9.17) is 16.7 Å². The van der Waals surface area contributed by atoms with Crippen LogP contribution in [0.2, 0.25) is 5.02 Å². The lowest BCUT2D eigenvalue weighted by Gasteiger charge is -2.12. The lowest BCUT2D eigenvalue weighted by Crippen LogP contribution is -2.29. The molecule has 19 heavy (non-hydrogen) atoms. The van der Waals surface area contributed by atoms with Crippen molar-refractivity contribution in [2.75, 3.05) is 6.54 Å². The normalized spacial score (nSPS) is 13.2.